The molecule has 0 radical (unpaired) electrons. The topological polar surface area (TPSA) is 90.9 Å². The van der Waals surface area contributed by atoms with Crippen LogP contribution in [-0.2, 0) is 19.6 Å². The summed E-state index contributed by atoms with van der Waals surface area (Å²) in [7, 11) is -3.25. The highest BCUT2D eigenvalue weighted by Gasteiger charge is 2.43. The Balaban J connectivity index is 1.84. The van der Waals surface area contributed by atoms with Crippen molar-refractivity contribution in [3.05, 3.63) is 30.1 Å². The van der Waals surface area contributed by atoms with Crippen LogP contribution in [-0.4, -0.2) is 78.3 Å². The Morgan fingerprint density at radius 1 is 1.24 bits per heavy atom. The molecular formula is C20H30N4O4S. The molecule has 1 aromatic rings. The molecule has 0 N–H and O–H groups in total. The zero-order valence-corrected chi connectivity index (χ0v) is 18.1. The van der Waals surface area contributed by atoms with E-state index in [-0.39, 0.29) is 29.7 Å². The van der Waals surface area contributed by atoms with Gasteiger partial charge in [-0.05, 0) is 24.0 Å². The molecule has 0 saturated carbocycles. The first-order valence-corrected chi connectivity index (χ1v) is 12.0. The number of carbonyl (C=O) groups is 2. The third-order valence-electron chi connectivity index (χ3n) is 5.63. The molecule has 0 spiro atoms. The first kappa shape index (κ1) is 21.7. The number of sulfonamides is 1. The number of nitrogens with zero attached hydrogens (tertiary/aromatic N) is 4. The number of amides is 2. The minimum atomic E-state index is -3.25. The van der Waals surface area contributed by atoms with Crippen molar-refractivity contribution in [1.82, 2.24) is 19.1 Å². The molecule has 2 aliphatic rings. The standard InChI is InChI=1S/C20H30N4O4S/c1-15(2)14-24-18(25)7-6-17(19(24)16-5-4-8-21-13-16)20(26)22-9-11-23(12-10-22)29(3,27)28/h4-5,8,13,15,17,19H,6-7,9-12,14H2,1-3H3/t17-,19+/m1/s1. The quantitative estimate of drug-likeness (QED) is 0.709. The van der Waals surface area contributed by atoms with Gasteiger partial charge in [-0.15, -0.1) is 0 Å². The Kier molecular flexibility index (Phi) is 6.58. The van der Waals surface area contributed by atoms with Crippen LogP contribution in [0.25, 0.3) is 0 Å². The summed E-state index contributed by atoms with van der Waals surface area (Å²) < 4.78 is 24.9. The average molecular weight is 423 g/mol. The van der Waals surface area contributed by atoms with E-state index in [0.717, 1.165) is 5.56 Å². The fourth-order valence-corrected chi connectivity index (χ4v) is 5.08. The van der Waals surface area contributed by atoms with Crippen LogP contribution in [0.15, 0.2) is 24.5 Å². The maximum absolute atomic E-state index is 13.4. The Morgan fingerprint density at radius 2 is 1.93 bits per heavy atom. The van der Waals surface area contributed by atoms with Gasteiger partial charge in [0.05, 0.1) is 18.2 Å². The molecule has 2 amide bonds. The van der Waals surface area contributed by atoms with Crippen molar-refractivity contribution >= 4 is 21.8 Å². The van der Waals surface area contributed by atoms with Crippen molar-refractivity contribution in [2.45, 2.75) is 32.7 Å². The number of likely N-dealkylation sites (tertiary alicyclic amines) is 1. The molecule has 1 aromatic heterocycles. The second-order valence-corrected chi connectivity index (χ2v) is 10.3. The zero-order chi connectivity index (χ0) is 21.2. The molecule has 3 heterocycles. The third-order valence-corrected chi connectivity index (χ3v) is 6.93. The fourth-order valence-electron chi connectivity index (χ4n) is 4.26. The highest BCUT2D eigenvalue weighted by atomic mass is 32.2. The minimum Gasteiger partial charge on any atom is -0.340 e. The highest BCUT2D eigenvalue weighted by molar-refractivity contribution is 7.88. The summed E-state index contributed by atoms with van der Waals surface area (Å²) in [6.07, 6.45) is 5.46. The summed E-state index contributed by atoms with van der Waals surface area (Å²) in [5.74, 6) is -0.00234. The molecule has 0 unspecified atom stereocenters. The second-order valence-electron chi connectivity index (χ2n) is 8.30. The Morgan fingerprint density at radius 3 is 2.48 bits per heavy atom. The van der Waals surface area contributed by atoms with E-state index in [1.54, 1.807) is 17.3 Å². The number of piperidine rings is 1. The third kappa shape index (κ3) is 4.95. The van der Waals surface area contributed by atoms with Gasteiger partial charge in [-0.1, -0.05) is 19.9 Å². The average Bonchev–Trinajstić information content (AvgIpc) is 2.68. The Labute approximate surface area is 172 Å². The van der Waals surface area contributed by atoms with Crippen molar-refractivity contribution < 1.29 is 18.0 Å². The number of pyridine rings is 1. The van der Waals surface area contributed by atoms with Gasteiger partial charge in [0.25, 0.3) is 0 Å². The molecule has 3 rings (SSSR count). The second kappa shape index (κ2) is 8.79. The van der Waals surface area contributed by atoms with Gasteiger partial charge in [-0.3, -0.25) is 14.6 Å². The van der Waals surface area contributed by atoms with E-state index in [1.807, 2.05) is 17.0 Å². The zero-order valence-electron chi connectivity index (χ0n) is 17.3. The lowest BCUT2D eigenvalue weighted by Crippen LogP contribution is -2.55. The van der Waals surface area contributed by atoms with Gasteiger partial charge in [0, 0.05) is 51.5 Å². The lowest BCUT2D eigenvalue weighted by Gasteiger charge is -2.44. The van der Waals surface area contributed by atoms with Crippen molar-refractivity contribution in [2.24, 2.45) is 11.8 Å². The molecular weight excluding hydrogens is 392 g/mol. The molecule has 8 nitrogen and oxygen atoms in total. The molecule has 29 heavy (non-hydrogen) atoms. The van der Waals surface area contributed by atoms with Crippen LogP contribution in [0.5, 0.6) is 0 Å². The van der Waals surface area contributed by atoms with Gasteiger partial charge in [0.2, 0.25) is 21.8 Å². The number of rotatable bonds is 5. The van der Waals surface area contributed by atoms with Crippen LogP contribution in [0.2, 0.25) is 0 Å². The monoisotopic (exact) mass is 422 g/mol. The van der Waals surface area contributed by atoms with E-state index in [2.05, 4.69) is 18.8 Å². The van der Waals surface area contributed by atoms with Crippen LogP contribution >= 0.6 is 0 Å². The normalized spacial score (nSPS) is 24.2. The molecule has 2 aliphatic heterocycles. The van der Waals surface area contributed by atoms with Crippen molar-refractivity contribution in [3.63, 3.8) is 0 Å². The smallest absolute Gasteiger partial charge is 0.228 e. The summed E-state index contributed by atoms with van der Waals surface area (Å²) in [6, 6.07) is 3.41. The molecule has 9 heteroatoms. The molecule has 0 aliphatic carbocycles. The first-order valence-electron chi connectivity index (χ1n) is 10.1. The fraction of sp³-hybridized carbons (Fsp3) is 0.650. The van der Waals surface area contributed by atoms with Gasteiger partial charge in [0.1, 0.15) is 0 Å². The maximum Gasteiger partial charge on any atom is 0.228 e. The van der Waals surface area contributed by atoms with E-state index < -0.39 is 10.0 Å². The Bertz CT molecular complexity index is 835. The van der Waals surface area contributed by atoms with Crippen LogP contribution in [0.1, 0.15) is 38.3 Å². The molecule has 0 aromatic carbocycles. The summed E-state index contributed by atoms with van der Waals surface area (Å²) in [6.45, 7) is 6.07. The lowest BCUT2D eigenvalue weighted by atomic mass is 9.83. The number of aromatic nitrogens is 1. The predicted molar refractivity (Wildman–Crippen MR) is 109 cm³/mol. The van der Waals surface area contributed by atoms with E-state index in [1.165, 1.54) is 10.6 Å². The molecule has 2 saturated heterocycles. The summed E-state index contributed by atoms with van der Waals surface area (Å²) in [4.78, 5) is 33.9. The van der Waals surface area contributed by atoms with Gasteiger partial charge in [0.15, 0.2) is 0 Å². The van der Waals surface area contributed by atoms with E-state index in [9.17, 15) is 18.0 Å². The molecule has 2 atom stereocenters. The summed E-state index contributed by atoms with van der Waals surface area (Å²) in [5.41, 5.74) is 0.870. The number of carbonyl (C=O) groups excluding carboxylic acids is 2. The van der Waals surface area contributed by atoms with Crippen molar-refractivity contribution in [1.29, 1.82) is 0 Å². The molecule has 160 valence electrons. The van der Waals surface area contributed by atoms with Crippen LogP contribution in [0.4, 0.5) is 0 Å². The van der Waals surface area contributed by atoms with Gasteiger partial charge >= 0.3 is 0 Å². The van der Waals surface area contributed by atoms with Crippen LogP contribution in [0.3, 0.4) is 0 Å². The van der Waals surface area contributed by atoms with Crippen molar-refractivity contribution in [3.8, 4) is 0 Å². The van der Waals surface area contributed by atoms with Gasteiger partial charge < -0.3 is 9.80 Å². The number of hydrogen-bond acceptors (Lipinski definition) is 5. The first-order chi connectivity index (χ1) is 13.7. The Hall–Kier alpha value is -2.00. The van der Waals surface area contributed by atoms with Gasteiger partial charge in [-0.25, -0.2) is 8.42 Å². The number of piperazine rings is 1. The maximum atomic E-state index is 13.4. The molecule has 0 bridgehead atoms. The summed E-state index contributed by atoms with van der Waals surface area (Å²) in [5, 5.41) is 0. The lowest BCUT2D eigenvalue weighted by molar-refractivity contribution is -0.149. The SMILES string of the molecule is CC(C)CN1C(=O)CC[C@@H](C(=O)N2CCN(S(C)(=O)=O)CC2)[C@@H]1c1cccnc1. The number of hydrogen-bond donors (Lipinski definition) is 0. The van der Waals surface area contributed by atoms with Crippen LogP contribution < -0.4 is 0 Å². The van der Waals surface area contributed by atoms with Gasteiger partial charge in [-0.2, -0.15) is 4.31 Å². The highest BCUT2D eigenvalue weighted by Crippen LogP contribution is 2.38. The minimum absolute atomic E-state index is 0.00624. The van der Waals surface area contributed by atoms with E-state index in [4.69, 9.17) is 0 Å². The summed E-state index contributed by atoms with van der Waals surface area (Å²) >= 11 is 0. The predicted octanol–water partition coefficient (Wildman–Crippen LogP) is 1.12. The largest absolute Gasteiger partial charge is 0.340 e. The van der Waals surface area contributed by atoms with E-state index >= 15 is 0 Å². The van der Waals surface area contributed by atoms with Crippen molar-refractivity contribution in [2.75, 3.05) is 39.0 Å². The molecule has 2 fully saturated rings. The van der Waals surface area contributed by atoms with E-state index in [0.29, 0.717) is 45.6 Å². The van der Waals surface area contributed by atoms with Crippen LogP contribution in [0, 0.1) is 11.8 Å².